The predicted molar refractivity (Wildman–Crippen MR) is 55.5 cm³/mol. The van der Waals surface area contributed by atoms with E-state index in [1.54, 1.807) is 0 Å². The maximum Gasteiger partial charge on any atom is 0.140 e. The topological polar surface area (TPSA) is 34.1 Å². The van der Waals surface area contributed by atoms with E-state index in [0.29, 0.717) is 10.6 Å². The van der Waals surface area contributed by atoms with Gasteiger partial charge in [0.15, 0.2) is 0 Å². The van der Waals surface area contributed by atoms with E-state index in [0.717, 1.165) is 24.6 Å². The van der Waals surface area contributed by atoms with Gasteiger partial charge in [0.2, 0.25) is 0 Å². The number of hydrogen-bond acceptors (Lipinski definition) is 2. The minimum Gasteiger partial charge on any atom is -0.232 e. The van der Waals surface area contributed by atoms with Gasteiger partial charge in [-0.15, -0.1) is 0 Å². The van der Waals surface area contributed by atoms with E-state index in [9.17, 15) is 8.42 Å². The van der Waals surface area contributed by atoms with Crippen molar-refractivity contribution in [1.82, 2.24) is 0 Å². The van der Waals surface area contributed by atoms with E-state index < -0.39 is 10.7 Å². The van der Waals surface area contributed by atoms with Crippen molar-refractivity contribution in [3.8, 4) is 0 Å². The molecule has 0 aliphatic rings. The molecule has 1 unspecified atom stereocenters. The fourth-order valence-corrected chi connectivity index (χ4v) is 1.81. The first-order valence-electron chi connectivity index (χ1n) is 3.48. The molecule has 0 fully saturated rings. The van der Waals surface area contributed by atoms with Gasteiger partial charge in [0.05, 0.1) is 0 Å². The lowest BCUT2D eigenvalue weighted by Crippen LogP contribution is -1.99. The van der Waals surface area contributed by atoms with Crippen LogP contribution in [-0.4, -0.2) is 24.3 Å². The molecule has 0 aliphatic carbocycles. The summed E-state index contributed by atoms with van der Waals surface area (Å²) >= 11 is 6.78. The molecule has 5 heteroatoms. The molecule has 0 spiro atoms. The Balaban J connectivity index is 3.14. The molecule has 0 saturated heterocycles. The number of hydrogen-bond donors (Lipinski definition) is 1. The average Bonchev–Trinajstić information content (AvgIpc) is 1.97. The lowest BCUT2D eigenvalue weighted by atomic mass is 10.2. The summed E-state index contributed by atoms with van der Waals surface area (Å²) < 4.78 is 20.3. The molecule has 68 valence electrons. The smallest absolute Gasteiger partial charge is 0.140 e. The van der Waals surface area contributed by atoms with Crippen LogP contribution in [0.2, 0.25) is 0 Å². The quantitative estimate of drug-likeness (QED) is 0.462. The molecule has 0 N–H and O–H groups in total. The van der Waals surface area contributed by atoms with E-state index in [2.05, 4.69) is 31.9 Å². The monoisotopic (exact) mass is 306 g/mol. The fraction of sp³-hybridized carbons (Fsp3) is 1.00. The lowest BCUT2D eigenvalue weighted by Gasteiger charge is -2.02. The van der Waals surface area contributed by atoms with Gasteiger partial charge < -0.3 is 0 Å². The largest absolute Gasteiger partial charge is 0.232 e. The second-order valence-electron chi connectivity index (χ2n) is 2.30. The zero-order valence-corrected chi connectivity index (χ0v) is 10.2. The van der Waals surface area contributed by atoms with Crippen molar-refractivity contribution in [2.75, 3.05) is 11.1 Å². The first-order chi connectivity index (χ1) is 5.16. The van der Waals surface area contributed by atoms with Crippen LogP contribution in [-0.2, 0) is 10.7 Å². The first-order valence-corrected chi connectivity index (χ1v) is 6.88. The number of thiol groups is 1. The summed E-state index contributed by atoms with van der Waals surface area (Å²) in [5.41, 5.74) is 0. The average molecular weight is 308 g/mol. The second-order valence-corrected chi connectivity index (χ2v) is 5.36. The molecule has 0 rings (SSSR count). The van der Waals surface area contributed by atoms with Crippen LogP contribution in [0.25, 0.3) is 0 Å². The van der Waals surface area contributed by atoms with E-state index in [4.69, 9.17) is 0 Å². The van der Waals surface area contributed by atoms with Crippen molar-refractivity contribution in [1.29, 1.82) is 0 Å². The summed E-state index contributed by atoms with van der Waals surface area (Å²) in [7, 11) is -2.16. The van der Waals surface area contributed by atoms with Crippen molar-refractivity contribution in [3.63, 3.8) is 0 Å². The van der Waals surface area contributed by atoms with E-state index in [1.165, 1.54) is 0 Å². The standard InChI is InChI=1S/C6H12Br2O2S/c7-5-6(8)3-1-2-4-11(9)10/h6,11H,1-5H2. The normalized spacial score (nSPS) is 13.7. The van der Waals surface area contributed by atoms with Crippen molar-refractivity contribution in [3.05, 3.63) is 0 Å². The Morgan fingerprint density at radius 1 is 1.27 bits per heavy atom. The third-order valence-electron chi connectivity index (χ3n) is 1.28. The summed E-state index contributed by atoms with van der Waals surface area (Å²) in [6.45, 7) is 0. The Hall–Kier alpha value is 0.910. The summed E-state index contributed by atoms with van der Waals surface area (Å²) in [4.78, 5) is 0.479. The molecule has 0 aromatic carbocycles. The molecule has 0 heterocycles. The van der Waals surface area contributed by atoms with Crippen molar-refractivity contribution < 1.29 is 8.42 Å². The van der Waals surface area contributed by atoms with Gasteiger partial charge in [-0.2, -0.15) is 0 Å². The molecule has 0 saturated carbocycles. The zero-order valence-electron chi connectivity index (χ0n) is 6.13. The van der Waals surface area contributed by atoms with Gasteiger partial charge in [-0.25, -0.2) is 8.42 Å². The maximum atomic E-state index is 10.1. The number of unbranched alkanes of at least 4 members (excludes halogenated alkanes) is 1. The highest BCUT2D eigenvalue weighted by atomic mass is 79.9. The van der Waals surface area contributed by atoms with Gasteiger partial charge in [0.1, 0.15) is 10.7 Å². The Labute approximate surface area is 86.0 Å². The van der Waals surface area contributed by atoms with Crippen molar-refractivity contribution in [2.45, 2.75) is 24.1 Å². The highest BCUT2D eigenvalue weighted by Crippen LogP contribution is 2.11. The van der Waals surface area contributed by atoms with Crippen LogP contribution in [0.5, 0.6) is 0 Å². The highest BCUT2D eigenvalue weighted by molar-refractivity contribution is 9.12. The molecule has 0 aromatic heterocycles. The van der Waals surface area contributed by atoms with Gasteiger partial charge in [-0.3, -0.25) is 0 Å². The van der Waals surface area contributed by atoms with Crippen LogP contribution in [0.3, 0.4) is 0 Å². The maximum absolute atomic E-state index is 10.1. The summed E-state index contributed by atoms with van der Waals surface area (Å²) in [5.74, 6) is 0.331. The highest BCUT2D eigenvalue weighted by Gasteiger charge is 2.00. The molecule has 0 aliphatic heterocycles. The van der Waals surface area contributed by atoms with Crippen LogP contribution in [0.1, 0.15) is 19.3 Å². The lowest BCUT2D eigenvalue weighted by molar-refractivity contribution is 0.608. The van der Waals surface area contributed by atoms with Gasteiger partial charge in [0.25, 0.3) is 0 Å². The first kappa shape index (κ1) is 11.9. The Bertz CT molecular complexity index is 151. The third kappa shape index (κ3) is 8.82. The van der Waals surface area contributed by atoms with E-state index in [1.807, 2.05) is 0 Å². The van der Waals surface area contributed by atoms with Crippen LogP contribution >= 0.6 is 31.9 Å². The van der Waals surface area contributed by atoms with Crippen LogP contribution in [0.15, 0.2) is 0 Å². The van der Waals surface area contributed by atoms with Gasteiger partial charge in [0, 0.05) is 15.9 Å². The minimum absolute atomic E-state index is 0.331. The Morgan fingerprint density at radius 2 is 1.91 bits per heavy atom. The van der Waals surface area contributed by atoms with Crippen LogP contribution in [0, 0.1) is 0 Å². The molecule has 0 amide bonds. The van der Waals surface area contributed by atoms with E-state index in [-0.39, 0.29) is 0 Å². The summed E-state index contributed by atoms with van der Waals surface area (Å²) in [6, 6.07) is 0. The second kappa shape index (κ2) is 7.55. The number of rotatable bonds is 6. The molecular formula is C6H12Br2O2S. The minimum atomic E-state index is -2.16. The van der Waals surface area contributed by atoms with E-state index >= 15 is 0 Å². The molecule has 1 atom stereocenters. The SMILES string of the molecule is O=[SH](=O)CCCCC(Br)CBr. The fourth-order valence-electron chi connectivity index (χ4n) is 0.684. The molecule has 0 aromatic rings. The molecule has 2 nitrogen and oxygen atoms in total. The predicted octanol–water partition coefficient (Wildman–Crippen LogP) is 1.93. The molecule has 0 radical (unpaired) electrons. The Kier molecular flexibility index (Phi) is 8.18. The van der Waals surface area contributed by atoms with Gasteiger partial charge in [-0.05, 0) is 12.8 Å². The summed E-state index contributed by atoms with van der Waals surface area (Å²) in [5, 5.41) is 0.927. The van der Waals surface area contributed by atoms with Crippen molar-refractivity contribution in [2.24, 2.45) is 0 Å². The molecule has 11 heavy (non-hydrogen) atoms. The van der Waals surface area contributed by atoms with Crippen LogP contribution in [0.4, 0.5) is 0 Å². The molecule has 0 bridgehead atoms. The van der Waals surface area contributed by atoms with Crippen molar-refractivity contribution >= 4 is 42.6 Å². The van der Waals surface area contributed by atoms with Gasteiger partial charge >= 0.3 is 0 Å². The Morgan fingerprint density at radius 3 is 2.36 bits per heavy atom. The zero-order chi connectivity index (χ0) is 8.69. The third-order valence-corrected chi connectivity index (χ3v) is 4.39. The molecular weight excluding hydrogens is 296 g/mol. The number of alkyl halides is 2. The van der Waals surface area contributed by atoms with Gasteiger partial charge in [-0.1, -0.05) is 38.3 Å². The van der Waals surface area contributed by atoms with Crippen LogP contribution < -0.4 is 0 Å². The number of halogens is 2. The summed E-state index contributed by atoms with van der Waals surface area (Å²) in [6.07, 6.45) is 2.80.